The molecule has 0 N–H and O–H groups in total. The van der Waals surface area contributed by atoms with Crippen molar-refractivity contribution in [3.63, 3.8) is 0 Å². The van der Waals surface area contributed by atoms with Gasteiger partial charge < -0.3 is 4.42 Å². The van der Waals surface area contributed by atoms with Gasteiger partial charge in [-0.1, -0.05) is 172 Å². The van der Waals surface area contributed by atoms with Crippen molar-refractivity contribution < 1.29 is 4.42 Å². The molecule has 1 nitrogen and oxygen atoms in total. The Kier molecular flexibility index (Phi) is 7.10. The van der Waals surface area contributed by atoms with Crippen LogP contribution in [0.2, 0.25) is 0 Å². The molecule has 1 heterocycles. The summed E-state index contributed by atoms with van der Waals surface area (Å²) in [6.45, 7) is 9.06. The second-order valence-electron chi connectivity index (χ2n) is 15.9. The van der Waals surface area contributed by atoms with Crippen molar-refractivity contribution in [2.75, 3.05) is 0 Å². The molecule has 266 valence electrons. The van der Waals surface area contributed by atoms with Gasteiger partial charge in [-0.2, -0.15) is 0 Å². The lowest BCUT2D eigenvalue weighted by atomic mass is 9.78. The van der Waals surface area contributed by atoms with Gasteiger partial charge in [0.25, 0.3) is 0 Å². The average Bonchev–Trinajstić information content (AvgIpc) is 3.74. The molecule has 1 aliphatic carbocycles. The Morgan fingerprint density at radius 3 is 1.75 bits per heavy atom. The molecule has 0 spiro atoms. The predicted octanol–water partition coefficient (Wildman–Crippen LogP) is 15.8. The van der Waals surface area contributed by atoms with Crippen molar-refractivity contribution in [3.05, 3.63) is 187 Å². The fourth-order valence-electron chi connectivity index (χ4n) is 10.1. The predicted molar refractivity (Wildman–Crippen MR) is 241 cm³/mol. The molecule has 11 rings (SSSR count). The van der Waals surface area contributed by atoms with Gasteiger partial charge >= 0.3 is 0 Å². The van der Waals surface area contributed by atoms with Gasteiger partial charge in [0, 0.05) is 21.8 Å². The highest BCUT2D eigenvalue weighted by molar-refractivity contribution is 6.26. The summed E-state index contributed by atoms with van der Waals surface area (Å²) in [7, 11) is 0. The van der Waals surface area contributed by atoms with E-state index >= 15 is 0 Å². The molecule has 0 saturated heterocycles. The summed E-state index contributed by atoms with van der Waals surface area (Å²) in [5.74, 6) is 0. The zero-order chi connectivity index (χ0) is 37.7. The van der Waals surface area contributed by atoms with Crippen molar-refractivity contribution in [2.45, 2.75) is 33.1 Å². The molecular weight excluding hydrogens is 677 g/mol. The fraction of sp³-hybridized carbons (Fsp3) is 0.0909. The topological polar surface area (TPSA) is 13.1 Å². The smallest absolute Gasteiger partial charge is 0.144 e. The van der Waals surface area contributed by atoms with Crippen LogP contribution in [0.1, 0.15) is 44.4 Å². The second kappa shape index (κ2) is 12.2. The third-order valence-electron chi connectivity index (χ3n) is 12.5. The van der Waals surface area contributed by atoms with Crippen molar-refractivity contribution in [3.8, 4) is 33.4 Å². The molecule has 1 aromatic heterocycles. The van der Waals surface area contributed by atoms with Crippen molar-refractivity contribution in [1.82, 2.24) is 0 Å². The molecule has 1 aliphatic rings. The van der Waals surface area contributed by atoms with Crippen LogP contribution in [0, 0.1) is 0 Å². The first-order valence-corrected chi connectivity index (χ1v) is 19.7. The summed E-state index contributed by atoms with van der Waals surface area (Å²) in [5.41, 5.74) is 14.4. The van der Waals surface area contributed by atoms with Crippen LogP contribution >= 0.6 is 0 Å². The minimum atomic E-state index is -0.251. The first-order chi connectivity index (χ1) is 27.5. The largest absolute Gasteiger partial charge is 0.455 e. The first-order valence-electron chi connectivity index (χ1n) is 19.7. The third-order valence-corrected chi connectivity index (χ3v) is 12.5. The number of hydrogen-bond acceptors (Lipinski definition) is 1. The minimum Gasteiger partial charge on any atom is -0.455 e. The molecule has 56 heavy (non-hydrogen) atoms. The van der Waals surface area contributed by atoms with Gasteiger partial charge in [-0.15, -0.1) is 0 Å². The number of para-hydroxylation sites is 1. The Morgan fingerprint density at radius 1 is 0.518 bits per heavy atom. The lowest BCUT2D eigenvalue weighted by Crippen LogP contribution is -2.15. The molecule has 0 saturated carbocycles. The average molecular weight is 717 g/mol. The monoisotopic (exact) mass is 716 g/mol. The first kappa shape index (κ1) is 32.7. The highest BCUT2D eigenvalue weighted by atomic mass is 16.3. The SMILES string of the molecule is C/C=C\C=C(/C)c1ccc(-c2c3ccccc3c(-c3ccc4c(c3)C(C)(C)c3c-4c4oc5ccccc5c4c4ccccc34)c3ccccc23)c2ccccc12. The molecule has 0 aliphatic heterocycles. The number of allylic oxidation sites excluding steroid dienone is 4. The molecule has 10 aromatic rings. The van der Waals surface area contributed by atoms with Crippen molar-refractivity contribution in [1.29, 1.82) is 0 Å². The van der Waals surface area contributed by atoms with Crippen LogP contribution in [-0.4, -0.2) is 0 Å². The number of furan rings is 1. The standard InChI is InChI=1S/C55H40O/c1-5-6-17-33(2)35-30-31-43(37-19-8-7-18-36(35)37)50-40-22-11-9-20-38(40)49(39-21-10-12-23-41(39)50)34-28-29-45-47(32-34)55(3,4)53-44-25-14-13-24-42(44)51-46-26-15-16-27-48(46)56-54(51)52(45)53/h5-32H,1-4H3/b6-5-,33-17+. The maximum absolute atomic E-state index is 6.80. The van der Waals surface area contributed by atoms with Gasteiger partial charge in [0.15, 0.2) is 0 Å². The minimum absolute atomic E-state index is 0.251. The normalized spacial score (nSPS) is 13.9. The van der Waals surface area contributed by atoms with Crippen LogP contribution < -0.4 is 0 Å². The number of rotatable bonds is 4. The van der Waals surface area contributed by atoms with Gasteiger partial charge in [-0.25, -0.2) is 0 Å². The molecule has 1 heteroatoms. The van der Waals surface area contributed by atoms with Crippen LogP contribution in [0.3, 0.4) is 0 Å². The molecule has 0 fully saturated rings. The quantitative estimate of drug-likeness (QED) is 0.131. The van der Waals surface area contributed by atoms with E-state index in [0.29, 0.717) is 0 Å². The highest BCUT2D eigenvalue weighted by Crippen LogP contribution is 2.57. The number of hydrogen-bond donors (Lipinski definition) is 0. The van der Waals surface area contributed by atoms with Crippen LogP contribution in [0.4, 0.5) is 0 Å². The molecule has 0 atom stereocenters. The zero-order valence-electron chi connectivity index (χ0n) is 32.1. The Labute approximate surface area is 326 Å². The van der Waals surface area contributed by atoms with E-state index in [1.54, 1.807) is 0 Å². The fourth-order valence-corrected chi connectivity index (χ4v) is 10.1. The van der Waals surface area contributed by atoms with E-state index in [1.807, 2.05) is 0 Å². The van der Waals surface area contributed by atoms with Crippen LogP contribution in [-0.2, 0) is 5.41 Å². The van der Waals surface area contributed by atoms with E-state index in [9.17, 15) is 0 Å². The van der Waals surface area contributed by atoms with E-state index < -0.39 is 0 Å². The maximum atomic E-state index is 6.80. The molecule has 0 amide bonds. The Bertz CT molecular complexity index is 3290. The summed E-state index contributed by atoms with van der Waals surface area (Å²) in [4.78, 5) is 0. The van der Waals surface area contributed by atoms with Gasteiger partial charge in [-0.3, -0.25) is 0 Å². The number of fused-ring (bicyclic) bond motifs is 13. The van der Waals surface area contributed by atoms with Crippen LogP contribution in [0.15, 0.2) is 174 Å². The van der Waals surface area contributed by atoms with E-state index in [-0.39, 0.29) is 5.41 Å². The van der Waals surface area contributed by atoms with Gasteiger partial charge in [-0.05, 0) is 119 Å². The molecule has 0 unspecified atom stereocenters. The van der Waals surface area contributed by atoms with E-state index in [1.165, 1.54) is 110 Å². The van der Waals surface area contributed by atoms with Gasteiger partial charge in [0.1, 0.15) is 11.2 Å². The maximum Gasteiger partial charge on any atom is 0.144 e. The summed E-state index contributed by atoms with van der Waals surface area (Å²) in [6, 6.07) is 56.2. The zero-order valence-corrected chi connectivity index (χ0v) is 32.1. The van der Waals surface area contributed by atoms with Crippen molar-refractivity contribution >= 4 is 70.6 Å². The highest BCUT2D eigenvalue weighted by Gasteiger charge is 2.40. The molecule has 0 bridgehead atoms. The van der Waals surface area contributed by atoms with E-state index in [4.69, 9.17) is 4.42 Å². The van der Waals surface area contributed by atoms with Crippen molar-refractivity contribution in [2.24, 2.45) is 0 Å². The van der Waals surface area contributed by atoms with E-state index in [0.717, 1.165) is 11.2 Å². The summed E-state index contributed by atoms with van der Waals surface area (Å²) in [5, 5.41) is 12.5. The van der Waals surface area contributed by atoms with Gasteiger partial charge in [0.05, 0.1) is 0 Å². The lowest BCUT2D eigenvalue weighted by Gasteiger charge is -2.24. The van der Waals surface area contributed by atoms with E-state index in [2.05, 4.69) is 198 Å². The number of benzene rings is 9. The molecule has 0 radical (unpaired) electrons. The van der Waals surface area contributed by atoms with Crippen LogP contribution in [0.5, 0.6) is 0 Å². The lowest BCUT2D eigenvalue weighted by molar-refractivity contribution is 0.658. The summed E-state index contributed by atoms with van der Waals surface area (Å²) in [6.07, 6.45) is 6.42. The summed E-state index contributed by atoms with van der Waals surface area (Å²) < 4.78 is 6.80. The van der Waals surface area contributed by atoms with Crippen LogP contribution in [0.25, 0.3) is 104 Å². The Hall–Kier alpha value is -6.70. The third kappa shape index (κ3) is 4.49. The summed E-state index contributed by atoms with van der Waals surface area (Å²) >= 11 is 0. The Morgan fingerprint density at radius 2 is 1.07 bits per heavy atom. The Balaban J connectivity index is 1.18. The molecular formula is C55H40O. The van der Waals surface area contributed by atoms with Gasteiger partial charge in [0.2, 0.25) is 0 Å². The second-order valence-corrected chi connectivity index (χ2v) is 15.9. The molecule has 9 aromatic carbocycles.